The fourth-order valence-corrected chi connectivity index (χ4v) is 5.92. The van der Waals surface area contributed by atoms with Crippen molar-refractivity contribution in [3.63, 3.8) is 0 Å². The van der Waals surface area contributed by atoms with Crippen LogP contribution in [0.1, 0.15) is 141 Å². The van der Waals surface area contributed by atoms with E-state index in [4.69, 9.17) is 21.1 Å². The Morgan fingerprint density at radius 1 is 0.756 bits per heavy atom. The Hall–Kier alpha value is -1.05. The number of aryl methyl sites for hydroxylation is 1. The quantitative estimate of drug-likeness (QED) is 0.0753. The molecule has 1 saturated heterocycles. The Kier molecular flexibility index (Phi) is 19.0. The monoisotopic (exact) mass is 598 g/mol. The smallest absolute Gasteiger partial charge is 0.228 e. The number of halogens is 1. The molecule has 1 aliphatic heterocycles. The number of aliphatic hydroxyl groups excluding tert-OH is 3. The molecular formula is C34H59ClO6. The van der Waals surface area contributed by atoms with E-state index >= 15 is 0 Å². The Bertz CT molecular complexity index is 806. The fraction of sp³-hybridized carbons (Fsp3) is 0.824. The van der Waals surface area contributed by atoms with E-state index in [1.165, 1.54) is 70.6 Å². The summed E-state index contributed by atoms with van der Waals surface area (Å²) in [7, 11) is 0. The van der Waals surface area contributed by atoms with Crippen LogP contribution in [0.5, 0.6) is 11.5 Å². The molecule has 0 aliphatic carbocycles. The van der Waals surface area contributed by atoms with Crippen molar-refractivity contribution in [2.75, 3.05) is 6.61 Å². The Morgan fingerprint density at radius 2 is 1.29 bits per heavy atom. The van der Waals surface area contributed by atoms with Crippen molar-refractivity contribution in [3.05, 3.63) is 23.3 Å². The predicted molar refractivity (Wildman–Crippen MR) is 168 cm³/mol. The van der Waals surface area contributed by atoms with Crippen molar-refractivity contribution in [1.29, 1.82) is 0 Å². The van der Waals surface area contributed by atoms with E-state index in [1.807, 2.05) is 12.1 Å². The highest BCUT2D eigenvalue weighted by molar-refractivity contribution is 6.20. The summed E-state index contributed by atoms with van der Waals surface area (Å²) in [6, 6.07) is 3.78. The molecule has 0 saturated carbocycles. The lowest BCUT2D eigenvalue weighted by Gasteiger charge is -2.35. The van der Waals surface area contributed by atoms with Gasteiger partial charge in [0.15, 0.2) is 0 Å². The summed E-state index contributed by atoms with van der Waals surface area (Å²) >= 11 is 6.53. The van der Waals surface area contributed by atoms with Gasteiger partial charge >= 0.3 is 0 Å². The number of aliphatic hydroxyl groups is 3. The van der Waals surface area contributed by atoms with Gasteiger partial charge in [0, 0.05) is 10.9 Å². The number of aromatic hydroxyl groups is 1. The van der Waals surface area contributed by atoms with Gasteiger partial charge in [-0.2, -0.15) is 0 Å². The van der Waals surface area contributed by atoms with Crippen molar-refractivity contribution in [1.82, 2.24) is 0 Å². The third-order valence-electron chi connectivity index (χ3n) is 8.33. The van der Waals surface area contributed by atoms with E-state index in [9.17, 15) is 20.4 Å². The molecule has 1 fully saturated rings. The van der Waals surface area contributed by atoms with Crippen LogP contribution in [-0.2, 0) is 17.6 Å². The van der Waals surface area contributed by atoms with Crippen LogP contribution in [0.3, 0.4) is 0 Å². The lowest BCUT2D eigenvalue weighted by molar-refractivity contribution is -0.242. The number of unbranched alkanes of at least 4 members (excludes halogenated alkanes) is 13. The maximum Gasteiger partial charge on any atom is 0.228 e. The van der Waals surface area contributed by atoms with E-state index in [0.717, 1.165) is 56.9 Å². The highest BCUT2D eigenvalue weighted by Crippen LogP contribution is 2.34. The molecular weight excluding hydrogens is 540 g/mol. The van der Waals surface area contributed by atoms with E-state index in [-0.39, 0.29) is 17.7 Å². The first-order chi connectivity index (χ1) is 19.9. The lowest BCUT2D eigenvalue weighted by Crippen LogP contribution is -2.54. The summed E-state index contributed by atoms with van der Waals surface area (Å²) in [6.07, 6.45) is 17.7. The van der Waals surface area contributed by atoms with Gasteiger partial charge in [0.1, 0.15) is 29.8 Å². The van der Waals surface area contributed by atoms with Gasteiger partial charge < -0.3 is 29.9 Å². The van der Waals surface area contributed by atoms with Gasteiger partial charge in [-0.3, -0.25) is 0 Å². The van der Waals surface area contributed by atoms with Gasteiger partial charge in [0.05, 0.1) is 6.61 Å². The third-order valence-corrected chi connectivity index (χ3v) is 8.76. The number of benzene rings is 1. The minimum absolute atomic E-state index is 0.125. The average Bonchev–Trinajstić information content (AvgIpc) is 2.95. The molecule has 0 radical (unpaired) electrons. The second kappa shape index (κ2) is 21.6. The third kappa shape index (κ3) is 14.3. The molecule has 1 aliphatic rings. The summed E-state index contributed by atoms with van der Waals surface area (Å²) in [5, 5.41) is 41.6. The first kappa shape index (κ1) is 36.1. The molecule has 0 bridgehead atoms. The standard InChI is InChI=1S/C34H59ClO6/c1-3-5-7-9-10-11-12-13-15-19-26-23-29(36)28(22-18-14-17-21-27(35)20-16-8-6-4-2)31(24-26)41-34-33(39)32(38)30(37)25-40-34/h23-24,27,30,32-34,36-39H,3-22,25H2,1-2H3/t27-,30+,32-,33+,34-/m0/s1. The van der Waals surface area contributed by atoms with Crippen molar-refractivity contribution >= 4 is 11.6 Å². The number of ether oxygens (including phenoxy) is 2. The molecule has 0 amide bonds. The number of phenols is 1. The Morgan fingerprint density at radius 3 is 1.93 bits per heavy atom. The zero-order valence-corrected chi connectivity index (χ0v) is 26.6. The molecule has 1 aromatic rings. The van der Waals surface area contributed by atoms with Crippen LogP contribution in [0.25, 0.3) is 0 Å². The van der Waals surface area contributed by atoms with Crippen molar-refractivity contribution in [2.45, 2.75) is 172 Å². The summed E-state index contributed by atoms with van der Waals surface area (Å²) < 4.78 is 11.6. The summed E-state index contributed by atoms with van der Waals surface area (Å²) in [5.41, 5.74) is 1.68. The molecule has 0 aromatic heterocycles. The number of hydrogen-bond acceptors (Lipinski definition) is 6. The van der Waals surface area contributed by atoms with Gasteiger partial charge in [-0.15, -0.1) is 11.6 Å². The van der Waals surface area contributed by atoms with Gasteiger partial charge in [0.25, 0.3) is 0 Å². The maximum atomic E-state index is 11.0. The molecule has 238 valence electrons. The molecule has 0 unspecified atom stereocenters. The fourth-order valence-electron chi connectivity index (χ4n) is 5.62. The van der Waals surface area contributed by atoms with E-state index < -0.39 is 24.6 Å². The SMILES string of the molecule is CCCCCCCCCCCc1cc(O)c(CCCCC[C@@H](Cl)CCCCCC)c(O[C@@H]2OC[C@@H](O)[C@H](O)[C@H]2O)c1. The van der Waals surface area contributed by atoms with Gasteiger partial charge in [-0.25, -0.2) is 0 Å². The highest BCUT2D eigenvalue weighted by Gasteiger charge is 2.39. The van der Waals surface area contributed by atoms with Gasteiger partial charge in [-0.05, 0) is 56.2 Å². The first-order valence-electron chi connectivity index (χ1n) is 16.7. The predicted octanol–water partition coefficient (Wildman–Crippen LogP) is 7.96. The first-order valence-corrected chi connectivity index (χ1v) is 17.1. The second-order valence-electron chi connectivity index (χ2n) is 12.1. The number of hydrogen-bond donors (Lipinski definition) is 4. The summed E-state index contributed by atoms with van der Waals surface area (Å²) in [6.45, 7) is 4.34. The molecule has 2 rings (SSSR count). The molecule has 4 N–H and O–H groups in total. The highest BCUT2D eigenvalue weighted by atomic mass is 35.5. The number of phenolic OH excluding ortho intramolecular Hbond substituents is 1. The van der Waals surface area contributed by atoms with Crippen LogP contribution >= 0.6 is 11.6 Å². The Labute approximate surface area is 254 Å². The van der Waals surface area contributed by atoms with Crippen LogP contribution in [-0.4, -0.2) is 57.0 Å². The molecule has 6 nitrogen and oxygen atoms in total. The van der Waals surface area contributed by atoms with E-state index in [0.29, 0.717) is 17.7 Å². The molecule has 41 heavy (non-hydrogen) atoms. The van der Waals surface area contributed by atoms with Crippen LogP contribution < -0.4 is 4.74 Å². The minimum atomic E-state index is -1.38. The zero-order chi connectivity index (χ0) is 29.9. The van der Waals surface area contributed by atoms with Crippen LogP contribution in [0.4, 0.5) is 0 Å². The largest absolute Gasteiger partial charge is 0.508 e. The number of alkyl halides is 1. The Balaban J connectivity index is 1.91. The zero-order valence-electron chi connectivity index (χ0n) is 25.9. The molecule has 1 heterocycles. The van der Waals surface area contributed by atoms with Gasteiger partial charge in [-0.1, -0.05) is 104 Å². The molecule has 7 heteroatoms. The topological polar surface area (TPSA) is 99.4 Å². The minimum Gasteiger partial charge on any atom is -0.508 e. The van der Waals surface area contributed by atoms with Crippen molar-refractivity contribution < 1.29 is 29.9 Å². The second-order valence-corrected chi connectivity index (χ2v) is 12.7. The van der Waals surface area contributed by atoms with E-state index in [1.54, 1.807) is 0 Å². The van der Waals surface area contributed by atoms with Crippen LogP contribution in [0, 0.1) is 0 Å². The normalized spacial score (nSPS) is 21.7. The molecule has 5 atom stereocenters. The summed E-state index contributed by atoms with van der Waals surface area (Å²) in [5.74, 6) is 0.681. The molecule has 1 aromatic carbocycles. The van der Waals surface area contributed by atoms with Crippen molar-refractivity contribution in [3.8, 4) is 11.5 Å². The van der Waals surface area contributed by atoms with Gasteiger partial charge in [0.2, 0.25) is 6.29 Å². The lowest BCUT2D eigenvalue weighted by atomic mass is 9.98. The number of rotatable bonds is 23. The van der Waals surface area contributed by atoms with E-state index in [2.05, 4.69) is 13.8 Å². The van der Waals surface area contributed by atoms with Crippen LogP contribution in [0.15, 0.2) is 12.1 Å². The summed E-state index contributed by atoms with van der Waals surface area (Å²) in [4.78, 5) is 0. The maximum absolute atomic E-state index is 11.0. The molecule has 0 spiro atoms. The van der Waals surface area contributed by atoms with Crippen LogP contribution in [0.2, 0.25) is 0 Å². The average molecular weight is 599 g/mol. The van der Waals surface area contributed by atoms with Crippen molar-refractivity contribution in [2.24, 2.45) is 0 Å².